The molecule has 5 heteroatoms. The second-order valence-electron chi connectivity index (χ2n) is 6.17. The van der Waals surface area contributed by atoms with Gasteiger partial charge in [-0.05, 0) is 26.4 Å². The maximum absolute atomic E-state index is 12.7. The van der Waals surface area contributed by atoms with E-state index >= 15 is 0 Å². The molecule has 0 radical (unpaired) electrons. The van der Waals surface area contributed by atoms with Crippen LogP contribution in [0.25, 0.3) is 0 Å². The van der Waals surface area contributed by atoms with E-state index in [-0.39, 0.29) is 6.04 Å². The van der Waals surface area contributed by atoms with Crippen molar-refractivity contribution < 1.29 is 4.79 Å². The zero-order valence-electron chi connectivity index (χ0n) is 12.0. The van der Waals surface area contributed by atoms with Crippen LogP contribution in [0.5, 0.6) is 0 Å². The van der Waals surface area contributed by atoms with Crippen molar-refractivity contribution in [3.8, 4) is 0 Å². The number of fused-ring (bicyclic) bond motifs is 1. The van der Waals surface area contributed by atoms with Gasteiger partial charge in [-0.2, -0.15) is 0 Å². The standard InChI is InChI=1S/C14H26N4O/c1-16-7-5-15-10-13(16)14(19)18-9-8-17-6-3-2-4-12(17)11-18/h12-13,15H,2-11H2,1H3. The van der Waals surface area contributed by atoms with Gasteiger partial charge in [0.05, 0.1) is 0 Å². The SMILES string of the molecule is CN1CCNCC1C(=O)N1CCN2CCCCC2C1. The number of nitrogens with zero attached hydrogens (tertiary/aromatic N) is 3. The lowest BCUT2D eigenvalue weighted by molar-refractivity contribution is -0.140. The minimum absolute atomic E-state index is 0.0453. The predicted octanol–water partition coefficient (Wildman–Crippen LogP) is -0.413. The largest absolute Gasteiger partial charge is 0.338 e. The van der Waals surface area contributed by atoms with Crippen LogP contribution < -0.4 is 5.32 Å². The number of hydrogen-bond donors (Lipinski definition) is 1. The summed E-state index contributed by atoms with van der Waals surface area (Å²) in [5.74, 6) is 0.333. The number of carbonyl (C=O) groups is 1. The Morgan fingerprint density at radius 2 is 2.05 bits per heavy atom. The fraction of sp³-hybridized carbons (Fsp3) is 0.929. The molecule has 3 fully saturated rings. The Morgan fingerprint density at radius 3 is 2.89 bits per heavy atom. The molecule has 0 aromatic carbocycles. The molecular weight excluding hydrogens is 240 g/mol. The number of carbonyl (C=O) groups excluding carboxylic acids is 1. The highest BCUT2D eigenvalue weighted by Gasteiger charge is 2.35. The molecule has 3 heterocycles. The molecule has 0 saturated carbocycles. The van der Waals surface area contributed by atoms with E-state index in [2.05, 4.69) is 27.1 Å². The van der Waals surface area contributed by atoms with Crippen LogP contribution in [0.3, 0.4) is 0 Å². The highest BCUT2D eigenvalue weighted by Crippen LogP contribution is 2.21. The van der Waals surface area contributed by atoms with Crippen LogP contribution >= 0.6 is 0 Å². The van der Waals surface area contributed by atoms with Gasteiger partial charge in [-0.3, -0.25) is 14.6 Å². The van der Waals surface area contributed by atoms with Crippen molar-refractivity contribution >= 4 is 5.91 Å². The highest BCUT2D eigenvalue weighted by molar-refractivity contribution is 5.82. The number of rotatable bonds is 1. The lowest BCUT2D eigenvalue weighted by Crippen LogP contribution is -2.62. The fourth-order valence-corrected chi connectivity index (χ4v) is 3.65. The lowest BCUT2D eigenvalue weighted by atomic mass is 9.99. The zero-order chi connectivity index (χ0) is 13.2. The molecular formula is C14H26N4O. The third-order valence-electron chi connectivity index (χ3n) is 4.95. The summed E-state index contributed by atoms with van der Waals surface area (Å²) in [5, 5.41) is 3.34. The molecule has 19 heavy (non-hydrogen) atoms. The minimum Gasteiger partial charge on any atom is -0.338 e. The van der Waals surface area contributed by atoms with Crippen molar-refractivity contribution in [3.63, 3.8) is 0 Å². The smallest absolute Gasteiger partial charge is 0.241 e. The molecule has 1 amide bonds. The van der Waals surface area contributed by atoms with Crippen molar-refractivity contribution in [2.45, 2.75) is 31.3 Å². The molecule has 0 aromatic heterocycles. The molecule has 0 aromatic rings. The topological polar surface area (TPSA) is 38.8 Å². The Hall–Kier alpha value is -0.650. The van der Waals surface area contributed by atoms with E-state index in [1.54, 1.807) is 0 Å². The Bertz CT molecular complexity index is 335. The normalized spacial score (nSPS) is 34.1. The Labute approximate surface area is 115 Å². The summed E-state index contributed by atoms with van der Waals surface area (Å²) in [7, 11) is 2.07. The van der Waals surface area contributed by atoms with Gasteiger partial charge in [0.2, 0.25) is 5.91 Å². The highest BCUT2D eigenvalue weighted by atomic mass is 16.2. The van der Waals surface area contributed by atoms with Crippen LogP contribution in [0.1, 0.15) is 19.3 Å². The number of piperidine rings is 1. The van der Waals surface area contributed by atoms with Gasteiger partial charge in [-0.1, -0.05) is 6.42 Å². The summed E-state index contributed by atoms with van der Waals surface area (Å²) in [6.07, 6.45) is 3.93. The van der Waals surface area contributed by atoms with E-state index in [1.807, 2.05) is 0 Å². The average Bonchev–Trinajstić information content (AvgIpc) is 2.46. The van der Waals surface area contributed by atoms with Gasteiger partial charge in [0.15, 0.2) is 0 Å². The summed E-state index contributed by atoms with van der Waals surface area (Å²) >= 11 is 0. The Kier molecular flexibility index (Phi) is 4.05. The van der Waals surface area contributed by atoms with E-state index in [0.29, 0.717) is 11.9 Å². The van der Waals surface area contributed by atoms with Crippen LogP contribution in [-0.2, 0) is 4.79 Å². The summed E-state index contributed by atoms with van der Waals surface area (Å²) in [6, 6.07) is 0.664. The summed E-state index contributed by atoms with van der Waals surface area (Å²) in [4.78, 5) is 19.6. The molecule has 0 bridgehead atoms. The van der Waals surface area contributed by atoms with Gasteiger partial charge in [0, 0.05) is 45.3 Å². The molecule has 0 aliphatic carbocycles. The number of likely N-dealkylation sites (N-methyl/N-ethyl adjacent to an activating group) is 1. The first-order valence-electron chi connectivity index (χ1n) is 7.69. The monoisotopic (exact) mass is 266 g/mol. The van der Waals surface area contributed by atoms with Crippen molar-refractivity contribution in [3.05, 3.63) is 0 Å². The van der Waals surface area contributed by atoms with Gasteiger partial charge >= 0.3 is 0 Å². The number of piperazine rings is 2. The number of amides is 1. The van der Waals surface area contributed by atoms with Crippen molar-refractivity contribution in [2.75, 3.05) is 52.9 Å². The van der Waals surface area contributed by atoms with Crippen LogP contribution in [0.2, 0.25) is 0 Å². The first-order chi connectivity index (χ1) is 9.25. The van der Waals surface area contributed by atoms with E-state index in [0.717, 1.165) is 39.3 Å². The molecule has 2 unspecified atom stereocenters. The lowest BCUT2D eigenvalue weighted by Gasteiger charge is -2.45. The van der Waals surface area contributed by atoms with Gasteiger partial charge in [-0.15, -0.1) is 0 Å². The zero-order valence-corrected chi connectivity index (χ0v) is 12.0. The molecule has 5 nitrogen and oxygen atoms in total. The molecule has 1 N–H and O–H groups in total. The fourth-order valence-electron chi connectivity index (χ4n) is 3.65. The molecule has 3 aliphatic heterocycles. The second kappa shape index (κ2) is 5.77. The summed E-state index contributed by atoms with van der Waals surface area (Å²) in [6.45, 7) is 6.94. The number of nitrogens with one attached hydrogen (secondary N) is 1. The minimum atomic E-state index is 0.0453. The van der Waals surface area contributed by atoms with E-state index in [4.69, 9.17) is 0 Å². The molecule has 3 rings (SSSR count). The maximum atomic E-state index is 12.7. The predicted molar refractivity (Wildman–Crippen MR) is 75.1 cm³/mol. The summed E-state index contributed by atoms with van der Waals surface area (Å²) < 4.78 is 0. The van der Waals surface area contributed by atoms with Crippen molar-refractivity contribution in [2.24, 2.45) is 0 Å². The maximum Gasteiger partial charge on any atom is 0.241 e. The van der Waals surface area contributed by atoms with Crippen LogP contribution in [0.4, 0.5) is 0 Å². The van der Waals surface area contributed by atoms with Crippen molar-refractivity contribution in [1.82, 2.24) is 20.0 Å². The Morgan fingerprint density at radius 1 is 1.16 bits per heavy atom. The van der Waals surface area contributed by atoms with Gasteiger partial charge < -0.3 is 10.2 Å². The van der Waals surface area contributed by atoms with Gasteiger partial charge in [0.1, 0.15) is 6.04 Å². The van der Waals surface area contributed by atoms with Gasteiger partial charge in [-0.25, -0.2) is 0 Å². The molecule has 108 valence electrons. The van der Waals surface area contributed by atoms with E-state index in [1.165, 1.54) is 25.8 Å². The Balaban J connectivity index is 1.60. The molecule has 0 spiro atoms. The third kappa shape index (κ3) is 2.78. The molecule has 2 atom stereocenters. The first kappa shape index (κ1) is 13.3. The van der Waals surface area contributed by atoms with Crippen LogP contribution in [0, 0.1) is 0 Å². The van der Waals surface area contributed by atoms with Crippen molar-refractivity contribution in [1.29, 1.82) is 0 Å². The van der Waals surface area contributed by atoms with E-state index in [9.17, 15) is 4.79 Å². The van der Waals surface area contributed by atoms with Gasteiger partial charge in [0.25, 0.3) is 0 Å². The summed E-state index contributed by atoms with van der Waals surface area (Å²) in [5.41, 5.74) is 0. The quantitative estimate of drug-likeness (QED) is 0.700. The van der Waals surface area contributed by atoms with Crippen LogP contribution in [-0.4, -0.2) is 85.6 Å². The third-order valence-corrected chi connectivity index (χ3v) is 4.95. The molecule has 3 aliphatic rings. The van der Waals surface area contributed by atoms with E-state index < -0.39 is 0 Å². The second-order valence-corrected chi connectivity index (χ2v) is 6.17. The number of hydrogen-bond acceptors (Lipinski definition) is 4. The molecule has 3 saturated heterocycles. The average molecular weight is 266 g/mol. The first-order valence-corrected chi connectivity index (χ1v) is 7.69. The van der Waals surface area contributed by atoms with Crippen LogP contribution in [0.15, 0.2) is 0 Å².